The summed E-state index contributed by atoms with van der Waals surface area (Å²) in [6.07, 6.45) is -5.30. The number of nitrogens with zero attached hydrogens (tertiary/aromatic N) is 2. The fourth-order valence-corrected chi connectivity index (χ4v) is 4.27. The molecular formula is C23H22ClF3N2O4. The maximum Gasteiger partial charge on any atom is 0.573 e. The second-order valence-corrected chi connectivity index (χ2v) is 8.50. The van der Waals surface area contributed by atoms with Gasteiger partial charge in [-0.25, -0.2) is 0 Å². The Hall–Kier alpha value is -2.78. The Labute approximate surface area is 193 Å². The summed E-state index contributed by atoms with van der Waals surface area (Å²) in [5, 5.41) is 0.560. The zero-order chi connectivity index (χ0) is 23.6. The zero-order valence-electron chi connectivity index (χ0n) is 17.6. The molecule has 0 radical (unpaired) electrons. The van der Waals surface area contributed by atoms with E-state index in [2.05, 4.69) is 9.64 Å². The maximum atomic E-state index is 13.2. The van der Waals surface area contributed by atoms with Crippen molar-refractivity contribution in [3.8, 4) is 5.75 Å². The molecule has 2 fully saturated rings. The van der Waals surface area contributed by atoms with E-state index >= 15 is 0 Å². The summed E-state index contributed by atoms with van der Waals surface area (Å²) in [5.74, 6) is -1.35. The van der Waals surface area contributed by atoms with Crippen LogP contribution in [0.1, 0.15) is 23.7 Å². The van der Waals surface area contributed by atoms with E-state index in [-0.39, 0.29) is 18.1 Å². The molecule has 2 heterocycles. The minimum atomic E-state index is -4.72. The molecule has 4 rings (SSSR count). The van der Waals surface area contributed by atoms with Crippen LogP contribution in [0.5, 0.6) is 5.75 Å². The van der Waals surface area contributed by atoms with E-state index < -0.39 is 24.4 Å². The Bertz CT molecular complexity index is 990. The Morgan fingerprint density at radius 3 is 2.27 bits per heavy atom. The average molecular weight is 483 g/mol. The molecular weight excluding hydrogens is 461 g/mol. The lowest BCUT2D eigenvalue weighted by Crippen LogP contribution is -2.50. The number of ether oxygens (including phenoxy) is 2. The van der Waals surface area contributed by atoms with Crippen molar-refractivity contribution in [2.75, 3.05) is 26.2 Å². The van der Waals surface area contributed by atoms with Crippen LogP contribution in [0.25, 0.3) is 0 Å². The van der Waals surface area contributed by atoms with Gasteiger partial charge in [0, 0.05) is 37.7 Å². The predicted molar refractivity (Wildman–Crippen MR) is 113 cm³/mol. The number of benzene rings is 2. The molecule has 0 aromatic heterocycles. The first-order valence-corrected chi connectivity index (χ1v) is 10.9. The number of esters is 1. The maximum absolute atomic E-state index is 13.2. The predicted octanol–water partition coefficient (Wildman–Crippen LogP) is 4.19. The molecule has 0 saturated carbocycles. The van der Waals surface area contributed by atoms with Crippen molar-refractivity contribution in [3.63, 3.8) is 0 Å². The topological polar surface area (TPSA) is 59.1 Å². The van der Waals surface area contributed by atoms with Crippen molar-refractivity contribution < 1.29 is 32.2 Å². The lowest BCUT2D eigenvalue weighted by Gasteiger charge is -2.36. The van der Waals surface area contributed by atoms with E-state index in [0.717, 1.165) is 11.1 Å². The normalized spacial score (nSPS) is 21.7. The number of halogens is 4. The van der Waals surface area contributed by atoms with E-state index in [9.17, 15) is 22.8 Å². The van der Waals surface area contributed by atoms with Crippen molar-refractivity contribution in [1.82, 2.24) is 9.80 Å². The van der Waals surface area contributed by atoms with Crippen molar-refractivity contribution >= 4 is 23.5 Å². The third-order valence-electron chi connectivity index (χ3n) is 5.77. The Morgan fingerprint density at radius 2 is 1.67 bits per heavy atom. The van der Waals surface area contributed by atoms with Crippen LogP contribution in [0.2, 0.25) is 5.02 Å². The molecule has 0 bridgehead atoms. The van der Waals surface area contributed by atoms with E-state index in [1.165, 1.54) is 12.1 Å². The van der Waals surface area contributed by atoms with Crippen LogP contribution in [0, 0.1) is 5.92 Å². The van der Waals surface area contributed by atoms with Gasteiger partial charge in [0.15, 0.2) is 0 Å². The summed E-state index contributed by atoms with van der Waals surface area (Å²) in [7, 11) is 0. The second kappa shape index (κ2) is 9.61. The summed E-state index contributed by atoms with van der Waals surface area (Å²) in [6.45, 7) is 2.75. The van der Waals surface area contributed by atoms with Crippen LogP contribution in [0.3, 0.4) is 0 Å². The standard InChI is InChI=1S/C23H22ClF3N2O4/c24-17-5-3-16(4-6-17)21-19(13-20(30)32-21)22(31)29-11-9-28(10-12-29)14-15-1-7-18(8-2-15)33-23(25,26)27/h1-8,19,21H,9-14H2/t19-,21?/m0/s1. The molecule has 6 nitrogen and oxygen atoms in total. The van der Waals surface area contributed by atoms with Gasteiger partial charge in [-0.05, 0) is 35.4 Å². The van der Waals surface area contributed by atoms with Crippen LogP contribution in [0.4, 0.5) is 13.2 Å². The molecule has 176 valence electrons. The fourth-order valence-electron chi connectivity index (χ4n) is 4.14. The van der Waals surface area contributed by atoms with Crippen LogP contribution >= 0.6 is 11.6 Å². The number of amides is 1. The smallest absolute Gasteiger partial charge is 0.457 e. The van der Waals surface area contributed by atoms with Crippen molar-refractivity contribution in [1.29, 1.82) is 0 Å². The summed E-state index contributed by atoms with van der Waals surface area (Å²) in [4.78, 5) is 29.0. The summed E-state index contributed by atoms with van der Waals surface area (Å²) < 4.78 is 46.2. The molecule has 2 aromatic rings. The molecule has 33 heavy (non-hydrogen) atoms. The molecule has 2 atom stereocenters. The highest BCUT2D eigenvalue weighted by Gasteiger charge is 2.43. The number of hydrogen-bond donors (Lipinski definition) is 0. The summed E-state index contributed by atoms with van der Waals surface area (Å²) >= 11 is 5.93. The molecule has 2 saturated heterocycles. The number of carbonyl (C=O) groups excluding carboxylic acids is 2. The van der Waals surface area contributed by atoms with Gasteiger partial charge in [0.1, 0.15) is 11.9 Å². The number of piperazine rings is 1. The van der Waals surface area contributed by atoms with E-state index in [1.54, 1.807) is 41.3 Å². The first kappa shape index (κ1) is 23.4. The van der Waals surface area contributed by atoms with Crippen LogP contribution in [-0.4, -0.2) is 54.2 Å². The van der Waals surface area contributed by atoms with Gasteiger partial charge in [-0.2, -0.15) is 0 Å². The number of rotatable bonds is 5. The second-order valence-electron chi connectivity index (χ2n) is 8.07. The van der Waals surface area contributed by atoms with Gasteiger partial charge in [-0.15, -0.1) is 13.2 Å². The SMILES string of the molecule is O=C1C[C@H](C(=O)N2CCN(Cc3ccc(OC(F)(F)F)cc3)CC2)C(c2ccc(Cl)cc2)O1. The molecule has 0 N–H and O–H groups in total. The van der Waals surface area contributed by atoms with Crippen LogP contribution in [-0.2, 0) is 20.9 Å². The van der Waals surface area contributed by atoms with Gasteiger partial charge in [0.05, 0.1) is 12.3 Å². The molecule has 2 aliphatic rings. The largest absolute Gasteiger partial charge is 0.573 e. The van der Waals surface area contributed by atoms with Crippen molar-refractivity contribution in [3.05, 3.63) is 64.7 Å². The van der Waals surface area contributed by atoms with Crippen LogP contribution < -0.4 is 4.74 Å². The van der Waals surface area contributed by atoms with Gasteiger partial charge < -0.3 is 14.4 Å². The fraction of sp³-hybridized carbons (Fsp3) is 0.391. The highest BCUT2D eigenvalue weighted by molar-refractivity contribution is 6.30. The lowest BCUT2D eigenvalue weighted by molar-refractivity contribution is -0.274. The lowest BCUT2D eigenvalue weighted by atomic mass is 9.93. The number of carbonyl (C=O) groups is 2. The Kier molecular flexibility index (Phi) is 6.81. The number of hydrogen-bond acceptors (Lipinski definition) is 5. The summed E-state index contributed by atoms with van der Waals surface area (Å²) in [5.41, 5.74) is 1.59. The van der Waals surface area contributed by atoms with Gasteiger partial charge in [-0.3, -0.25) is 14.5 Å². The van der Waals surface area contributed by atoms with E-state index in [0.29, 0.717) is 37.7 Å². The average Bonchev–Trinajstić information content (AvgIpc) is 3.16. The number of alkyl halides is 3. The third kappa shape index (κ3) is 5.97. The molecule has 0 aliphatic carbocycles. The molecule has 1 amide bonds. The Morgan fingerprint density at radius 1 is 1.03 bits per heavy atom. The molecule has 2 aliphatic heterocycles. The minimum Gasteiger partial charge on any atom is -0.457 e. The third-order valence-corrected chi connectivity index (χ3v) is 6.03. The number of cyclic esters (lactones) is 1. The quantitative estimate of drug-likeness (QED) is 0.598. The molecule has 2 aromatic carbocycles. The van der Waals surface area contributed by atoms with Gasteiger partial charge >= 0.3 is 12.3 Å². The van der Waals surface area contributed by atoms with Crippen LogP contribution in [0.15, 0.2) is 48.5 Å². The van der Waals surface area contributed by atoms with Crippen molar-refractivity contribution in [2.24, 2.45) is 5.92 Å². The van der Waals surface area contributed by atoms with Gasteiger partial charge in [-0.1, -0.05) is 35.9 Å². The minimum absolute atomic E-state index is 0.0404. The molecule has 1 unspecified atom stereocenters. The highest BCUT2D eigenvalue weighted by atomic mass is 35.5. The first-order chi connectivity index (χ1) is 15.7. The zero-order valence-corrected chi connectivity index (χ0v) is 18.3. The monoisotopic (exact) mass is 482 g/mol. The Balaban J connectivity index is 1.32. The van der Waals surface area contributed by atoms with E-state index in [1.807, 2.05) is 0 Å². The first-order valence-electron chi connectivity index (χ1n) is 10.5. The highest BCUT2D eigenvalue weighted by Crippen LogP contribution is 2.37. The van der Waals surface area contributed by atoms with Crippen molar-refractivity contribution in [2.45, 2.75) is 25.4 Å². The molecule has 0 spiro atoms. The van der Waals surface area contributed by atoms with Gasteiger partial charge in [0.25, 0.3) is 0 Å². The van der Waals surface area contributed by atoms with Gasteiger partial charge in [0.2, 0.25) is 5.91 Å². The molecule has 10 heteroatoms. The van der Waals surface area contributed by atoms with E-state index in [4.69, 9.17) is 16.3 Å². The summed E-state index contributed by atoms with van der Waals surface area (Å²) in [6, 6.07) is 12.7.